The third kappa shape index (κ3) is 5.59. The lowest BCUT2D eigenvalue weighted by molar-refractivity contribution is 0.102. The highest BCUT2D eigenvalue weighted by Gasteiger charge is 2.19. The van der Waals surface area contributed by atoms with Crippen LogP contribution in [0.15, 0.2) is 103 Å². The molecule has 2 amide bonds. The minimum Gasteiger partial charge on any atom is -0.444 e. The summed E-state index contributed by atoms with van der Waals surface area (Å²) in [6.07, 6.45) is 1.23. The Kier molecular flexibility index (Phi) is 6.80. The van der Waals surface area contributed by atoms with E-state index in [2.05, 4.69) is 15.5 Å². The second kappa shape index (κ2) is 10.7. The molecule has 0 aliphatic carbocycles. The number of aromatic nitrogens is 2. The average Bonchev–Trinajstić information content (AvgIpc) is 3.40. The number of rotatable bonds is 7. The van der Waals surface area contributed by atoms with Crippen molar-refractivity contribution < 1.29 is 14.3 Å². The number of fused-ring (bicyclic) bond motifs is 1. The molecule has 184 valence electrons. The van der Waals surface area contributed by atoms with E-state index in [4.69, 9.17) is 10.5 Å². The van der Waals surface area contributed by atoms with Gasteiger partial charge in [-0.15, -0.1) is 0 Å². The van der Waals surface area contributed by atoms with Crippen LogP contribution in [0.5, 0.6) is 0 Å². The molecule has 5 aromatic rings. The van der Waals surface area contributed by atoms with Crippen LogP contribution in [0.1, 0.15) is 21.5 Å². The van der Waals surface area contributed by atoms with Crippen LogP contribution >= 0.6 is 0 Å². The summed E-state index contributed by atoms with van der Waals surface area (Å²) in [4.78, 5) is 27.5. The van der Waals surface area contributed by atoms with Crippen LogP contribution < -0.4 is 16.0 Å². The van der Waals surface area contributed by atoms with Gasteiger partial charge in [-0.2, -0.15) is 5.10 Å². The molecule has 0 spiro atoms. The van der Waals surface area contributed by atoms with Crippen molar-refractivity contribution in [2.24, 2.45) is 0 Å². The highest BCUT2D eigenvalue weighted by atomic mass is 16.6. The van der Waals surface area contributed by atoms with Gasteiger partial charge in [0.15, 0.2) is 0 Å². The molecule has 0 fully saturated rings. The molecular weight excluding hydrogens is 466 g/mol. The normalized spacial score (nSPS) is 10.7. The van der Waals surface area contributed by atoms with Crippen LogP contribution in [0.25, 0.3) is 10.9 Å². The highest BCUT2D eigenvalue weighted by molar-refractivity contribution is 6.05. The average molecular weight is 492 g/mol. The molecule has 1 aromatic heterocycles. The number of amides is 2. The summed E-state index contributed by atoms with van der Waals surface area (Å²) in [5, 5.41) is 10.7. The summed E-state index contributed by atoms with van der Waals surface area (Å²) in [7, 11) is 0. The van der Waals surface area contributed by atoms with E-state index in [9.17, 15) is 9.59 Å². The van der Waals surface area contributed by atoms with Crippen LogP contribution in [0.3, 0.4) is 0 Å². The van der Waals surface area contributed by atoms with Crippen molar-refractivity contribution in [1.29, 1.82) is 0 Å². The second-order valence-corrected chi connectivity index (χ2v) is 8.51. The molecule has 0 bridgehead atoms. The van der Waals surface area contributed by atoms with Crippen molar-refractivity contribution in [3.05, 3.63) is 120 Å². The van der Waals surface area contributed by atoms with Gasteiger partial charge < -0.3 is 15.8 Å². The summed E-state index contributed by atoms with van der Waals surface area (Å²) < 4.78 is 5.64. The Balaban J connectivity index is 1.34. The number of nitrogen functional groups attached to an aromatic ring is 1. The van der Waals surface area contributed by atoms with Gasteiger partial charge in [0.05, 0.1) is 29.6 Å². The molecule has 0 saturated carbocycles. The molecule has 37 heavy (non-hydrogen) atoms. The number of anilines is 3. The topological polar surface area (TPSA) is 113 Å². The standard InChI is InChI=1S/C29H25N5O3/c30-25-8-4-5-9-27(25)32-28(35)22-12-10-20(11-13-22)18-34(24-14-15-26-23(16-24)17-31-33-26)29(36)37-19-21-6-2-1-3-7-21/h1-17H,18-19,30H2,(H,31,33)(H,32,35). The number of aromatic amines is 1. The van der Waals surface area contributed by atoms with Gasteiger partial charge in [0.2, 0.25) is 0 Å². The Bertz CT molecular complexity index is 1530. The minimum absolute atomic E-state index is 0.159. The lowest BCUT2D eigenvalue weighted by Crippen LogP contribution is -2.31. The molecule has 5 rings (SSSR count). The van der Waals surface area contributed by atoms with Crippen molar-refractivity contribution in [3.8, 4) is 0 Å². The molecule has 0 aliphatic rings. The van der Waals surface area contributed by atoms with Crippen LogP contribution in [0.4, 0.5) is 21.9 Å². The first kappa shape index (κ1) is 23.6. The molecule has 4 N–H and O–H groups in total. The summed E-state index contributed by atoms with van der Waals surface area (Å²) in [5.74, 6) is -0.269. The summed E-state index contributed by atoms with van der Waals surface area (Å²) in [6.45, 7) is 0.413. The van der Waals surface area contributed by atoms with Gasteiger partial charge in [-0.25, -0.2) is 4.79 Å². The van der Waals surface area contributed by atoms with E-state index in [1.54, 1.807) is 47.5 Å². The fraction of sp³-hybridized carbons (Fsp3) is 0.0690. The zero-order chi connectivity index (χ0) is 25.6. The van der Waals surface area contributed by atoms with Gasteiger partial charge >= 0.3 is 6.09 Å². The van der Waals surface area contributed by atoms with E-state index < -0.39 is 6.09 Å². The van der Waals surface area contributed by atoms with Gasteiger partial charge in [-0.05, 0) is 53.6 Å². The van der Waals surface area contributed by atoms with Crippen molar-refractivity contribution in [1.82, 2.24) is 10.2 Å². The molecule has 4 aromatic carbocycles. The van der Waals surface area contributed by atoms with Crippen molar-refractivity contribution in [2.45, 2.75) is 13.2 Å². The molecule has 8 heteroatoms. The van der Waals surface area contributed by atoms with E-state index in [1.807, 2.05) is 60.7 Å². The smallest absolute Gasteiger partial charge is 0.414 e. The fourth-order valence-electron chi connectivity index (χ4n) is 3.91. The maximum Gasteiger partial charge on any atom is 0.414 e. The monoisotopic (exact) mass is 491 g/mol. The van der Waals surface area contributed by atoms with E-state index >= 15 is 0 Å². The van der Waals surface area contributed by atoms with Crippen LogP contribution in [-0.4, -0.2) is 22.2 Å². The number of carbonyl (C=O) groups is 2. The maximum absolute atomic E-state index is 13.2. The Morgan fingerprint density at radius 3 is 2.43 bits per heavy atom. The zero-order valence-electron chi connectivity index (χ0n) is 19.9. The van der Waals surface area contributed by atoms with E-state index in [0.717, 1.165) is 22.0 Å². The van der Waals surface area contributed by atoms with Gasteiger partial charge in [-0.3, -0.25) is 14.8 Å². The van der Waals surface area contributed by atoms with E-state index in [-0.39, 0.29) is 19.1 Å². The Morgan fingerprint density at radius 2 is 1.65 bits per heavy atom. The zero-order valence-corrected chi connectivity index (χ0v) is 19.9. The molecule has 0 unspecified atom stereocenters. The molecule has 0 saturated heterocycles. The largest absolute Gasteiger partial charge is 0.444 e. The maximum atomic E-state index is 13.2. The third-order valence-electron chi connectivity index (χ3n) is 5.93. The van der Waals surface area contributed by atoms with Crippen LogP contribution in [0.2, 0.25) is 0 Å². The quantitative estimate of drug-likeness (QED) is 0.251. The van der Waals surface area contributed by atoms with Crippen LogP contribution in [0, 0.1) is 0 Å². The van der Waals surface area contributed by atoms with E-state index in [1.165, 1.54) is 0 Å². The minimum atomic E-state index is -0.479. The Labute approximate surface area is 213 Å². The molecule has 8 nitrogen and oxygen atoms in total. The van der Waals surface area contributed by atoms with Gasteiger partial charge in [0, 0.05) is 16.6 Å². The number of hydrogen-bond acceptors (Lipinski definition) is 5. The highest BCUT2D eigenvalue weighted by Crippen LogP contribution is 2.24. The number of H-pyrrole nitrogens is 1. The lowest BCUT2D eigenvalue weighted by Gasteiger charge is -2.23. The number of hydrogen-bond donors (Lipinski definition) is 3. The van der Waals surface area contributed by atoms with Gasteiger partial charge in [0.25, 0.3) is 5.91 Å². The summed E-state index contributed by atoms with van der Waals surface area (Å²) in [5.41, 5.74) is 10.7. The predicted molar refractivity (Wildman–Crippen MR) is 144 cm³/mol. The third-order valence-corrected chi connectivity index (χ3v) is 5.93. The predicted octanol–water partition coefficient (Wildman–Crippen LogP) is 5.74. The number of carbonyl (C=O) groups excluding carboxylic acids is 2. The molecule has 0 aliphatic heterocycles. The molecular formula is C29H25N5O3. The van der Waals surface area contributed by atoms with Crippen LogP contribution in [-0.2, 0) is 17.9 Å². The van der Waals surface area contributed by atoms with Crippen molar-refractivity contribution in [3.63, 3.8) is 0 Å². The number of ether oxygens (including phenoxy) is 1. The molecule has 0 radical (unpaired) electrons. The fourth-order valence-corrected chi connectivity index (χ4v) is 3.91. The van der Waals surface area contributed by atoms with Gasteiger partial charge in [-0.1, -0.05) is 54.6 Å². The number of nitrogens with one attached hydrogen (secondary N) is 2. The van der Waals surface area contributed by atoms with Gasteiger partial charge in [0.1, 0.15) is 6.61 Å². The number of para-hydroxylation sites is 2. The van der Waals surface area contributed by atoms with Crippen molar-refractivity contribution in [2.75, 3.05) is 16.0 Å². The first-order valence-electron chi connectivity index (χ1n) is 11.7. The second-order valence-electron chi connectivity index (χ2n) is 8.51. The first-order chi connectivity index (χ1) is 18.1. The summed E-state index contributed by atoms with van der Waals surface area (Å²) >= 11 is 0. The number of nitrogens with zero attached hydrogens (tertiary/aromatic N) is 2. The molecule has 0 atom stereocenters. The Hall–Kier alpha value is -5.11. The van der Waals surface area contributed by atoms with E-state index in [0.29, 0.717) is 22.6 Å². The number of nitrogens with two attached hydrogens (primary N) is 1. The lowest BCUT2D eigenvalue weighted by atomic mass is 10.1. The first-order valence-corrected chi connectivity index (χ1v) is 11.7. The molecule has 1 heterocycles. The summed E-state index contributed by atoms with van der Waals surface area (Å²) in [6, 6.07) is 29.3. The SMILES string of the molecule is Nc1ccccc1NC(=O)c1ccc(CN(C(=O)OCc2ccccc2)c2ccc3[nH]ncc3c2)cc1. The van der Waals surface area contributed by atoms with Crippen molar-refractivity contribution >= 4 is 40.0 Å². The Morgan fingerprint density at radius 1 is 0.892 bits per heavy atom. The number of benzene rings is 4.